The van der Waals surface area contributed by atoms with Crippen LogP contribution in [-0.4, -0.2) is 241 Å². The van der Waals surface area contributed by atoms with Crippen LogP contribution < -0.4 is 15.4 Å². The maximum atomic E-state index is 12.8. The number of rotatable bonds is 21. The van der Waals surface area contributed by atoms with E-state index >= 15 is 0 Å². The largest absolute Gasteiger partial charge is 0.496 e. The SMILES string of the molecule is CCN1C(=O)/C(=C\C=C\c2ccco2)C(=O)N(C2CCOCC2)C1=O.CCN1C(=O)C(=C/C=C/c2ccccc2C)C(=O)N(CC)C1=S.CCN1C(=O)C(=C/C=C/c2ccccc2OC)C(=O)N(CC)C1=S.CCN1C(=O)C(=C/C=C/c2ccco2)C(=O)N(CC)C1=O.Cc1ccccc1/C=C/C=C1C(=O)N(C)C(=O)N(C)C1=O.O=C1NC(=O)C(=C/C=C/c2ccco2)C(=O)N1. The second kappa shape index (κ2) is 49.1. The Morgan fingerprint density at radius 1 is 0.351 bits per heavy atom. The Bertz CT molecular complexity index is 5630. The van der Waals surface area contributed by atoms with E-state index in [1.807, 2.05) is 137 Å². The molecule has 7 fully saturated rings. The van der Waals surface area contributed by atoms with Crippen LogP contribution in [0.4, 0.5) is 19.2 Å². The number of methoxy groups -OCH3 is 1. The number of barbiturate groups is 4. The van der Waals surface area contributed by atoms with Crippen molar-refractivity contribution in [3.8, 4) is 5.75 Å². The van der Waals surface area contributed by atoms with Crippen LogP contribution in [0.25, 0.3) is 36.5 Å². The lowest BCUT2D eigenvalue weighted by Gasteiger charge is -2.39. The Balaban J connectivity index is 0.000000195. The Hall–Kier alpha value is -15.4. The first kappa shape index (κ1) is 101. The van der Waals surface area contributed by atoms with E-state index in [4.69, 9.17) is 47.2 Å². The van der Waals surface area contributed by atoms with E-state index in [9.17, 15) is 76.7 Å². The molecule has 10 heterocycles. The van der Waals surface area contributed by atoms with Crippen LogP contribution in [0.5, 0.6) is 5.75 Å². The topological polar surface area (TPSA) is 387 Å². The average Bonchev–Trinajstić information content (AvgIpc) is 1.72. The fourth-order valence-electron chi connectivity index (χ4n) is 13.2. The summed E-state index contributed by atoms with van der Waals surface area (Å²) < 4.78 is 25.9. The number of thiocarbonyl (C=S) groups is 2. The van der Waals surface area contributed by atoms with Crippen molar-refractivity contribution in [2.75, 3.05) is 80.2 Å². The van der Waals surface area contributed by atoms with Gasteiger partial charge in [-0.2, -0.15) is 0 Å². The van der Waals surface area contributed by atoms with Crippen molar-refractivity contribution in [1.82, 2.24) is 59.6 Å². The van der Waals surface area contributed by atoms with Crippen molar-refractivity contribution in [3.63, 3.8) is 0 Å². The van der Waals surface area contributed by atoms with E-state index in [0.717, 1.165) is 58.1 Å². The number of hydrogen-bond acceptors (Lipinski definition) is 23. The smallest absolute Gasteiger partial charge is 0.334 e. The van der Waals surface area contributed by atoms with Gasteiger partial charge in [-0.05, 0) is 219 Å². The van der Waals surface area contributed by atoms with Crippen molar-refractivity contribution in [2.45, 2.75) is 81.2 Å². The minimum atomic E-state index is -0.813. The van der Waals surface area contributed by atoms with Crippen molar-refractivity contribution >= 4 is 166 Å². The number of aryl methyl sites for hydroxylation is 2. The minimum absolute atomic E-state index is 0.0178. The van der Waals surface area contributed by atoms with Gasteiger partial charge in [-0.25, -0.2) is 19.2 Å². The highest BCUT2D eigenvalue weighted by Crippen LogP contribution is 2.28. The van der Waals surface area contributed by atoms with Crippen LogP contribution in [-0.2, 0) is 62.3 Å². The maximum Gasteiger partial charge on any atom is 0.334 e. The Labute approximate surface area is 767 Å². The molecule has 7 aliphatic heterocycles. The Morgan fingerprint density at radius 3 is 0.985 bits per heavy atom. The fourth-order valence-corrected chi connectivity index (χ4v) is 14.0. The molecule has 0 aliphatic carbocycles. The first-order chi connectivity index (χ1) is 62.9. The van der Waals surface area contributed by atoms with Gasteiger partial charge in [-0.15, -0.1) is 0 Å². The zero-order valence-electron chi connectivity index (χ0n) is 74.2. The summed E-state index contributed by atoms with van der Waals surface area (Å²) in [5.41, 5.74) is 5.20. The predicted octanol–water partition coefficient (Wildman–Crippen LogP) is 12.4. The molecule has 3 aromatic heterocycles. The number of para-hydroxylation sites is 1. The highest BCUT2D eigenvalue weighted by atomic mass is 32.1. The summed E-state index contributed by atoms with van der Waals surface area (Å²) in [6.45, 7) is 19.8. The summed E-state index contributed by atoms with van der Waals surface area (Å²) in [4.78, 5) is 205. The average molecular weight is 1820 g/mol. The van der Waals surface area contributed by atoms with Gasteiger partial charge in [-0.1, -0.05) is 121 Å². The maximum absolute atomic E-state index is 12.8. The Kier molecular flexibility index (Phi) is 37.9. The van der Waals surface area contributed by atoms with Gasteiger partial charge < -0.3 is 22.7 Å². The number of allylic oxidation sites excluding steroid dienone is 12. The number of likely N-dealkylation sites (N-methyl/N-ethyl adjacent to an activating group) is 9. The second-order valence-corrected chi connectivity index (χ2v) is 29.1. The van der Waals surface area contributed by atoms with E-state index in [1.54, 1.807) is 125 Å². The third-order valence-corrected chi connectivity index (χ3v) is 21.2. The summed E-state index contributed by atoms with van der Waals surface area (Å²) >= 11 is 10.4. The molecule has 20 amide bonds. The predicted molar refractivity (Wildman–Crippen MR) is 495 cm³/mol. The lowest BCUT2D eigenvalue weighted by Crippen LogP contribution is -2.60. The Morgan fingerprint density at radius 2 is 0.649 bits per heavy atom. The lowest BCUT2D eigenvalue weighted by atomic mass is 10.0. The molecular weight excluding hydrogens is 1720 g/mol. The number of nitrogens with one attached hydrogen (secondary N) is 2. The van der Waals surface area contributed by atoms with Crippen LogP contribution in [0, 0.1) is 13.8 Å². The molecule has 33 nitrogen and oxygen atoms in total. The van der Waals surface area contributed by atoms with E-state index in [-0.39, 0.29) is 93.0 Å². The van der Waals surface area contributed by atoms with Gasteiger partial charge in [-0.3, -0.25) is 117 Å². The highest BCUT2D eigenvalue weighted by molar-refractivity contribution is 7.80. The molecule has 13 rings (SSSR count). The third-order valence-electron chi connectivity index (χ3n) is 20.3. The summed E-state index contributed by atoms with van der Waals surface area (Å²) in [6.07, 6.45) is 34.5. The molecule has 682 valence electrons. The number of ether oxygens (including phenoxy) is 2. The molecule has 0 saturated carbocycles. The van der Waals surface area contributed by atoms with Crippen LogP contribution >= 0.6 is 24.4 Å². The van der Waals surface area contributed by atoms with Gasteiger partial charge in [0.05, 0.1) is 25.9 Å². The van der Waals surface area contributed by atoms with Crippen molar-refractivity contribution in [2.24, 2.45) is 0 Å². The zero-order chi connectivity index (χ0) is 95.7. The number of imide groups is 8. The molecule has 0 unspecified atom stereocenters. The number of carbonyl (C=O) groups excluding carboxylic acids is 16. The lowest BCUT2D eigenvalue weighted by molar-refractivity contribution is -0.139. The van der Waals surface area contributed by atoms with Crippen LogP contribution in [0.2, 0.25) is 0 Å². The van der Waals surface area contributed by atoms with Crippen LogP contribution in [0.15, 0.2) is 248 Å². The quantitative estimate of drug-likeness (QED) is 0.0384. The second-order valence-electron chi connectivity index (χ2n) is 28.4. The molecule has 3 aromatic carbocycles. The number of amides is 20. The molecule has 6 aromatic rings. The molecule has 7 saturated heterocycles. The van der Waals surface area contributed by atoms with E-state index < -0.39 is 71.4 Å². The number of benzene rings is 3. The normalized spacial score (nSPS) is 17.0. The van der Waals surface area contributed by atoms with E-state index in [0.29, 0.717) is 69.5 Å². The minimum Gasteiger partial charge on any atom is -0.496 e. The summed E-state index contributed by atoms with van der Waals surface area (Å²) in [7, 11) is 4.30. The van der Waals surface area contributed by atoms with Crippen molar-refractivity contribution in [3.05, 3.63) is 279 Å². The number of carbonyl (C=O) groups is 16. The van der Waals surface area contributed by atoms with Gasteiger partial charge in [0.2, 0.25) is 0 Å². The molecule has 35 heteroatoms. The van der Waals surface area contributed by atoms with Crippen molar-refractivity contribution in [1.29, 1.82) is 0 Å². The van der Waals surface area contributed by atoms with Gasteiger partial charge in [0.15, 0.2) is 10.2 Å². The van der Waals surface area contributed by atoms with Crippen LogP contribution in [0.1, 0.15) is 106 Å². The molecule has 0 radical (unpaired) electrons. The summed E-state index contributed by atoms with van der Waals surface area (Å²) in [6, 6.07) is 30.8. The van der Waals surface area contributed by atoms with Crippen LogP contribution in [0.3, 0.4) is 0 Å². The van der Waals surface area contributed by atoms with Gasteiger partial charge in [0, 0.05) is 84.7 Å². The van der Waals surface area contributed by atoms with Gasteiger partial charge in [0.25, 0.3) is 70.9 Å². The first-order valence-corrected chi connectivity index (χ1v) is 42.4. The number of furan rings is 3. The van der Waals surface area contributed by atoms with Gasteiger partial charge in [0.1, 0.15) is 56.5 Å². The standard InChI is InChI=1S/C18H20N2O5.C18H20N2O3S.C18H20N2O2S.C16H16N2O3.C15H16N2O4.C11H8N2O4/c1-2-19-16(21)15(7-3-5-14-6-4-10-25-14)17(22)20(18(19)23)13-8-11-24-12-9-13;1-4-19-16(21)14(17(22)20(5-2)18(19)24)11-8-10-13-9-6-7-12-15(13)23-3;1-4-19-16(21)15(17(22)20(5-2)18(19)23)12-8-11-14-10-7-6-9-13(14)3;1-11-7-4-5-8-12(11)9-6-10-13-14(19)17(2)16(21)18(3)15(13)20;1-3-16-13(18)12(14(19)17(4-2)15(16)20)9-5-7-11-8-6-10-21-11;14-9-8(10(15)13-11(16)12-9)5-1-3-7-4-2-6-17-7/h3-7,10,13H,2,8-9,11-12H2,1H3;6-12H,4-5H2,1-3H3;6-12H,4-5H2,1-3H3;4-10H,1-3H3;5-10H,3-4H2,1-2H3;1-6H,(H2,12,13,14,15,16)/b5-3+,15-7+;10-8+;11-8+;9-6+;7-5+;3-1+. The number of urea groups is 4. The molecule has 0 atom stereocenters. The third kappa shape index (κ3) is 25.5. The number of nitrogens with zero attached hydrogens (tertiary/aromatic N) is 10. The fraction of sp³-hybridized carbons (Fsp3) is 0.250. The molecule has 0 bridgehead atoms. The highest BCUT2D eigenvalue weighted by Gasteiger charge is 2.46. The van der Waals surface area contributed by atoms with E-state index in [2.05, 4.69) is 0 Å². The molecule has 131 heavy (non-hydrogen) atoms. The molecule has 0 spiro atoms. The monoisotopic (exact) mass is 1820 g/mol. The molecule has 7 aliphatic rings. The summed E-state index contributed by atoms with van der Waals surface area (Å²) in [5.74, 6) is -3.71. The van der Waals surface area contributed by atoms with E-state index in [1.165, 1.54) is 93.8 Å². The van der Waals surface area contributed by atoms with Crippen molar-refractivity contribution < 1.29 is 99.4 Å². The first-order valence-electron chi connectivity index (χ1n) is 41.6. The zero-order valence-corrected chi connectivity index (χ0v) is 75.9. The number of hydrogen-bond donors (Lipinski definition) is 2. The molecular formula is C96H100N12O21S2. The summed E-state index contributed by atoms with van der Waals surface area (Å²) in [5, 5.41) is 4.48. The van der Waals surface area contributed by atoms with Gasteiger partial charge >= 0.3 is 24.1 Å². The molecule has 2 N–H and O–H groups in total.